The van der Waals surface area contributed by atoms with Crippen molar-refractivity contribution in [3.63, 3.8) is 0 Å². The number of hydrogen-bond donors (Lipinski definition) is 0. The largest absolute Gasteiger partial charge is 0.462 e. The van der Waals surface area contributed by atoms with E-state index in [1.165, 1.54) is 148 Å². The van der Waals surface area contributed by atoms with Gasteiger partial charge in [-0.3, -0.25) is 14.4 Å². The molecule has 0 aliphatic rings. The van der Waals surface area contributed by atoms with Gasteiger partial charge in [0, 0.05) is 19.3 Å². The number of carbonyl (C=O) groups is 3. The summed E-state index contributed by atoms with van der Waals surface area (Å²) in [7, 11) is 0. The van der Waals surface area contributed by atoms with Crippen molar-refractivity contribution in [2.24, 2.45) is 0 Å². The zero-order valence-electron chi connectivity index (χ0n) is 51.9. The summed E-state index contributed by atoms with van der Waals surface area (Å²) in [5, 5.41) is 0. The van der Waals surface area contributed by atoms with Gasteiger partial charge in [-0.05, 0) is 128 Å². The second kappa shape index (κ2) is 66.6. The highest BCUT2D eigenvalue weighted by atomic mass is 16.6. The molecule has 452 valence electrons. The molecule has 0 radical (unpaired) electrons. The van der Waals surface area contributed by atoms with E-state index in [1.54, 1.807) is 0 Å². The van der Waals surface area contributed by atoms with E-state index < -0.39 is 6.10 Å². The summed E-state index contributed by atoms with van der Waals surface area (Å²) in [4.78, 5) is 38.4. The number of carbonyl (C=O) groups excluding carboxylic acids is 3. The van der Waals surface area contributed by atoms with E-state index >= 15 is 0 Å². The third-order valence-corrected chi connectivity index (χ3v) is 14.2. The first-order valence-corrected chi connectivity index (χ1v) is 33.4. The van der Waals surface area contributed by atoms with Gasteiger partial charge in [-0.2, -0.15) is 0 Å². The molecule has 0 aromatic rings. The molecule has 79 heavy (non-hydrogen) atoms. The van der Waals surface area contributed by atoms with Gasteiger partial charge in [0.25, 0.3) is 0 Å². The highest BCUT2D eigenvalue weighted by molar-refractivity contribution is 5.71. The lowest BCUT2D eigenvalue weighted by molar-refractivity contribution is -0.167. The molecule has 0 fully saturated rings. The molecule has 0 rings (SSSR count). The maximum absolute atomic E-state index is 12.9. The van der Waals surface area contributed by atoms with Crippen molar-refractivity contribution in [1.82, 2.24) is 0 Å². The van der Waals surface area contributed by atoms with Crippen LogP contribution in [0.5, 0.6) is 0 Å². The zero-order valence-corrected chi connectivity index (χ0v) is 51.9. The van der Waals surface area contributed by atoms with Crippen molar-refractivity contribution < 1.29 is 28.6 Å². The number of allylic oxidation sites excluding steroid dienone is 18. The molecular formula is C73H124O6. The predicted octanol–water partition coefficient (Wildman–Crippen LogP) is 23.0. The first kappa shape index (κ1) is 75.1. The summed E-state index contributed by atoms with van der Waals surface area (Å²) >= 11 is 0. The molecule has 0 aliphatic carbocycles. The standard InChI is InChI=1S/C73H124O6/c1-4-7-10-13-16-19-22-25-28-31-33-34-35-36-37-38-40-42-45-48-51-54-57-60-63-66-72(75)78-69-70(68-77-71(74)65-62-59-56-53-50-47-44-41-30-27-24-21-18-15-12-9-6-3)79-73(76)67-64-61-58-55-52-49-46-43-39-32-29-26-23-20-17-14-11-8-5-2/h9,12,17-18,20-22,25-27,29-31,33,39,43-44,47,70H,4-8,10-11,13-16,19,23-24,28,32,34-38,40-42,45-46,48-69H2,1-3H3/b12-9-,20-17-,21-18-,25-22-,29-26-,30-27-,33-31-,43-39-,47-44-. The Hall–Kier alpha value is -3.93. The molecule has 0 N–H and O–H groups in total. The van der Waals surface area contributed by atoms with E-state index in [0.29, 0.717) is 19.3 Å². The van der Waals surface area contributed by atoms with Crippen LogP contribution in [0.3, 0.4) is 0 Å². The molecule has 0 aromatic carbocycles. The number of rotatable bonds is 60. The second-order valence-corrected chi connectivity index (χ2v) is 22.0. The molecule has 0 aromatic heterocycles. The van der Waals surface area contributed by atoms with Crippen molar-refractivity contribution >= 4 is 17.9 Å². The Labute approximate surface area is 489 Å². The van der Waals surface area contributed by atoms with E-state index in [1.807, 2.05) is 0 Å². The van der Waals surface area contributed by atoms with Gasteiger partial charge in [0.2, 0.25) is 0 Å². The summed E-state index contributed by atoms with van der Waals surface area (Å²) in [6.45, 7) is 6.48. The minimum absolute atomic E-state index is 0.0921. The first-order valence-electron chi connectivity index (χ1n) is 33.4. The zero-order chi connectivity index (χ0) is 57.1. The van der Waals surface area contributed by atoms with Crippen molar-refractivity contribution in [3.05, 3.63) is 109 Å². The van der Waals surface area contributed by atoms with Crippen LogP contribution in [0.4, 0.5) is 0 Å². The van der Waals surface area contributed by atoms with Crippen LogP contribution >= 0.6 is 0 Å². The van der Waals surface area contributed by atoms with Crippen LogP contribution in [0.1, 0.15) is 316 Å². The number of unbranched alkanes of at least 4 members (excludes halogenated alkanes) is 31. The van der Waals surface area contributed by atoms with Gasteiger partial charge in [-0.25, -0.2) is 0 Å². The van der Waals surface area contributed by atoms with Crippen molar-refractivity contribution in [2.75, 3.05) is 13.2 Å². The van der Waals surface area contributed by atoms with Crippen molar-refractivity contribution in [3.8, 4) is 0 Å². The van der Waals surface area contributed by atoms with Gasteiger partial charge >= 0.3 is 17.9 Å². The molecular weight excluding hydrogens is 973 g/mol. The average molecular weight is 1100 g/mol. The topological polar surface area (TPSA) is 78.9 Å². The summed E-state index contributed by atoms with van der Waals surface area (Å²) in [5.74, 6) is -0.921. The van der Waals surface area contributed by atoms with Crippen LogP contribution in [-0.2, 0) is 28.6 Å². The Morgan fingerprint density at radius 2 is 0.494 bits per heavy atom. The van der Waals surface area contributed by atoms with Crippen LogP contribution in [-0.4, -0.2) is 37.2 Å². The van der Waals surface area contributed by atoms with Crippen molar-refractivity contribution in [2.45, 2.75) is 322 Å². The SMILES string of the molecule is CC/C=C\C/C=C\C/C=C\C/C=C\CCCCCCC(=O)OCC(COC(=O)CCCCCCCCCCCCCCC/C=C\C/C=C\CCCCCCC)OC(=O)CCCCCCCC/C=C\C/C=C\C/C=C\CCCCC. The predicted molar refractivity (Wildman–Crippen MR) is 343 cm³/mol. The normalized spacial score (nSPS) is 12.8. The van der Waals surface area contributed by atoms with E-state index in [-0.39, 0.29) is 31.1 Å². The summed E-state index contributed by atoms with van der Waals surface area (Å²) < 4.78 is 16.9. The number of esters is 3. The minimum atomic E-state index is -0.799. The maximum atomic E-state index is 12.9. The van der Waals surface area contributed by atoms with Crippen LogP contribution in [0.15, 0.2) is 109 Å². The van der Waals surface area contributed by atoms with Gasteiger partial charge < -0.3 is 14.2 Å². The Morgan fingerprint density at radius 3 is 0.797 bits per heavy atom. The molecule has 0 saturated carbocycles. The molecule has 0 heterocycles. The Bertz CT molecular complexity index is 1590. The highest BCUT2D eigenvalue weighted by Gasteiger charge is 2.19. The fraction of sp³-hybridized carbons (Fsp3) is 0.712. The van der Waals surface area contributed by atoms with E-state index in [9.17, 15) is 14.4 Å². The van der Waals surface area contributed by atoms with Gasteiger partial charge in [0.05, 0.1) is 0 Å². The molecule has 0 amide bonds. The summed E-state index contributed by atoms with van der Waals surface area (Å²) in [6.07, 6.45) is 90.9. The van der Waals surface area contributed by atoms with Crippen LogP contribution in [0, 0.1) is 0 Å². The van der Waals surface area contributed by atoms with Gasteiger partial charge in [-0.15, -0.1) is 0 Å². The summed E-state index contributed by atoms with van der Waals surface area (Å²) in [5.41, 5.74) is 0. The third kappa shape index (κ3) is 64.8. The van der Waals surface area contributed by atoms with Crippen LogP contribution in [0.2, 0.25) is 0 Å². The molecule has 1 unspecified atom stereocenters. The summed E-state index contributed by atoms with van der Waals surface area (Å²) in [6, 6.07) is 0. The molecule has 1 atom stereocenters. The fourth-order valence-corrected chi connectivity index (χ4v) is 9.24. The van der Waals surface area contributed by atoms with E-state index in [4.69, 9.17) is 14.2 Å². The van der Waals surface area contributed by atoms with E-state index in [2.05, 4.69) is 130 Å². The lowest BCUT2D eigenvalue weighted by Crippen LogP contribution is -2.30. The monoisotopic (exact) mass is 1100 g/mol. The average Bonchev–Trinajstić information content (AvgIpc) is 3.45. The van der Waals surface area contributed by atoms with Gasteiger partial charge in [0.15, 0.2) is 6.10 Å². The van der Waals surface area contributed by atoms with Gasteiger partial charge in [-0.1, -0.05) is 278 Å². The molecule has 6 heteroatoms. The fourth-order valence-electron chi connectivity index (χ4n) is 9.24. The number of ether oxygens (including phenoxy) is 3. The Kier molecular flexibility index (Phi) is 63.3. The van der Waals surface area contributed by atoms with E-state index in [0.717, 1.165) is 128 Å². The first-order chi connectivity index (χ1) is 39.0. The Morgan fingerprint density at radius 1 is 0.266 bits per heavy atom. The lowest BCUT2D eigenvalue weighted by atomic mass is 10.0. The highest BCUT2D eigenvalue weighted by Crippen LogP contribution is 2.16. The molecule has 6 nitrogen and oxygen atoms in total. The van der Waals surface area contributed by atoms with Gasteiger partial charge in [0.1, 0.15) is 13.2 Å². The Balaban J connectivity index is 4.40. The van der Waals surface area contributed by atoms with Crippen LogP contribution < -0.4 is 0 Å². The second-order valence-electron chi connectivity index (χ2n) is 22.0. The lowest BCUT2D eigenvalue weighted by Gasteiger charge is -2.18. The maximum Gasteiger partial charge on any atom is 0.306 e. The molecule has 0 saturated heterocycles. The number of hydrogen-bond acceptors (Lipinski definition) is 6. The quantitative estimate of drug-likeness (QED) is 0.0261. The smallest absolute Gasteiger partial charge is 0.306 e. The third-order valence-electron chi connectivity index (χ3n) is 14.2. The van der Waals surface area contributed by atoms with Crippen molar-refractivity contribution in [1.29, 1.82) is 0 Å². The minimum Gasteiger partial charge on any atom is -0.462 e. The van der Waals surface area contributed by atoms with Crippen LogP contribution in [0.25, 0.3) is 0 Å². The molecule has 0 spiro atoms. The molecule has 0 aliphatic heterocycles. The molecule has 0 bridgehead atoms.